The standard InChI is InChI=1S/C21H28BN3O5/c1-13(2)12-17(22(29)30)24-20(27)18(14(3)26)25-21(28)19-16(10-7-11-23-19)15-8-5-4-6-9-15/h4-11,13-14,17-18,26,29-30H,12H2,1-3H3,(H,24,27)(H,25,28)/t14-,17+,18+/m1/s1. The number of aliphatic hydroxyl groups is 1. The third-order valence-corrected chi connectivity index (χ3v) is 4.57. The first-order valence-corrected chi connectivity index (χ1v) is 9.86. The zero-order valence-corrected chi connectivity index (χ0v) is 17.3. The molecule has 2 rings (SSSR count). The van der Waals surface area contributed by atoms with Crippen LogP contribution < -0.4 is 10.6 Å². The van der Waals surface area contributed by atoms with Crippen molar-refractivity contribution in [3.8, 4) is 11.1 Å². The molecule has 5 N–H and O–H groups in total. The third kappa shape index (κ3) is 6.38. The van der Waals surface area contributed by atoms with Gasteiger partial charge in [-0.2, -0.15) is 0 Å². The minimum atomic E-state index is -1.76. The van der Waals surface area contributed by atoms with E-state index in [2.05, 4.69) is 15.6 Å². The number of aromatic nitrogens is 1. The molecule has 0 spiro atoms. The van der Waals surface area contributed by atoms with Gasteiger partial charge in [-0.05, 0) is 30.9 Å². The maximum Gasteiger partial charge on any atom is 0.475 e. The van der Waals surface area contributed by atoms with E-state index >= 15 is 0 Å². The minimum absolute atomic E-state index is 0.0960. The van der Waals surface area contributed by atoms with Crippen LogP contribution in [0.2, 0.25) is 0 Å². The van der Waals surface area contributed by atoms with Crippen molar-refractivity contribution < 1.29 is 24.7 Å². The number of rotatable bonds is 9. The summed E-state index contributed by atoms with van der Waals surface area (Å²) in [5, 5.41) is 34.2. The van der Waals surface area contributed by atoms with Crippen LogP contribution in [0.5, 0.6) is 0 Å². The van der Waals surface area contributed by atoms with Crippen LogP contribution in [0.25, 0.3) is 11.1 Å². The summed E-state index contributed by atoms with van der Waals surface area (Å²) in [6.07, 6.45) is 0.579. The number of benzene rings is 1. The van der Waals surface area contributed by atoms with E-state index in [0.29, 0.717) is 12.0 Å². The number of carbonyl (C=O) groups excluding carboxylic acids is 2. The lowest BCUT2D eigenvalue weighted by Crippen LogP contribution is -2.57. The van der Waals surface area contributed by atoms with E-state index in [0.717, 1.165) is 5.56 Å². The number of nitrogens with one attached hydrogen (secondary N) is 2. The Morgan fingerprint density at radius 3 is 2.27 bits per heavy atom. The van der Waals surface area contributed by atoms with Gasteiger partial charge in [0.2, 0.25) is 5.91 Å². The first-order valence-electron chi connectivity index (χ1n) is 9.86. The Kier molecular flexibility index (Phi) is 8.52. The van der Waals surface area contributed by atoms with E-state index in [1.54, 1.807) is 12.1 Å². The normalized spacial score (nSPS) is 14.0. The van der Waals surface area contributed by atoms with Gasteiger partial charge in [0.1, 0.15) is 11.7 Å². The molecule has 0 saturated carbocycles. The lowest BCUT2D eigenvalue weighted by Gasteiger charge is -2.25. The number of hydrogen-bond donors (Lipinski definition) is 5. The SMILES string of the molecule is CC(C)C[C@H](NC(=O)[C@@H](NC(=O)c1ncccc1-c1ccccc1)[C@@H](C)O)B(O)O. The molecule has 3 atom stereocenters. The quantitative estimate of drug-likeness (QED) is 0.386. The summed E-state index contributed by atoms with van der Waals surface area (Å²) in [4.78, 5) is 29.7. The molecule has 0 aliphatic rings. The largest absolute Gasteiger partial charge is 0.475 e. The van der Waals surface area contributed by atoms with Crippen LogP contribution in [0.3, 0.4) is 0 Å². The molecule has 0 unspecified atom stereocenters. The molecule has 0 aliphatic heterocycles. The average Bonchev–Trinajstić information content (AvgIpc) is 2.71. The van der Waals surface area contributed by atoms with Gasteiger partial charge in [-0.1, -0.05) is 50.2 Å². The van der Waals surface area contributed by atoms with Crippen molar-refractivity contribution in [2.45, 2.75) is 45.3 Å². The Morgan fingerprint density at radius 2 is 1.70 bits per heavy atom. The number of carbonyl (C=O) groups is 2. The van der Waals surface area contributed by atoms with Crippen molar-refractivity contribution in [3.05, 3.63) is 54.4 Å². The topological polar surface area (TPSA) is 132 Å². The van der Waals surface area contributed by atoms with E-state index in [9.17, 15) is 24.7 Å². The first-order chi connectivity index (χ1) is 14.2. The fourth-order valence-electron chi connectivity index (χ4n) is 3.09. The molecule has 0 fully saturated rings. The zero-order valence-electron chi connectivity index (χ0n) is 17.3. The maximum atomic E-state index is 12.9. The van der Waals surface area contributed by atoms with Gasteiger partial charge in [0.05, 0.1) is 12.0 Å². The Bertz CT molecular complexity index is 846. The third-order valence-electron chi connectivity index (χ3n) is 4.57. The molecule has 160 valence electrons. The Labute approximate surface area is 176 Å². The molecule has 0 aliphatic carbocycles. The summed E-state index contributed by atoms with van der Waals surface area (Å²) >= 11 is 0. The van der Waals surface area contributed by atoms with Crippen molar-refractivity contribution in [1.82, 2.24) is 15.6 Å². The predicted octanol–water partition coefficient (Wildman–Crippen LogP) is 0.771. The molecule has 1 aromatic carbocycles. The maximum absolute atomic E-state index is 12.9. The zero-order chi connectivity index (χ0) is 22.3. The van der Waals surface area contributed by atoms with E-state index in [1.807, 2.05) is 44.2 Å². The van der Waals surface area contributed by atoms with Crippen molar-refractivity contribution in [2.75, 3.05) is 0 Å². The van der Waals surface area contributed by atoms with Crippen molar-refractivity contribution in [3.63, 3.8) is 0 Å². The molecular weight excluding hydrogens is 385 g/mol. The number of hydrogen-bond acceptors (Lipinski definition) is 6. The van der Waals surface area contributed by atoms with Gasteiger partial charge in [-0.25, -0.2) is 0 Å². The molecule has 2 amide bonds. The fourth-order valence-corrected chi connectivity index (χ4v) is 3.09. The van der Waals surface area contributed by atoms with Gasteiger partial charge >= 0.3 is 7.12 Å². The van der Waals surface area contributed by atoms with E-state index < -0.39 is 37.0 Å². The fraction of sp³-hybridized carbons (Fsp3) is 0.381. The number of aliphatic hydroxyl groups excluding tert-OH is 1. The molecule has 30 heavy (non-hydrogen) atoms. The summed E-state index contributed by atoms with van der Waals surface area (Å²) in [6.45, 7) is 5.12. The average molecular weight is 413 g/mol. The van der Waals surface area contributed by atoms with Crippen LogP contribution in [0.4, 0.5) is 0 Å². The van der Waals surface area contributed by atoms with Gasteiger partial charge in [-0.15, -0.1) is 0 Å². The van der Waals surface area contributed by atoms with Crippen LogP contribution in [-0.2, 0) is 4.79 Å². The van der Waals surface area contributed by atoms with Crippen LogP contribution in [0, 0.1) is 5.92 Å². The van der Waals surface area contributed by atoms with Crippen LogP contribution in [0.15, 0.2) is 48.7 Å². The summed E-state index contributed by atoms with van der Waals surface area (Å²) in [5.74, 6) is -2.17. The Hall–Kier alpha value is -2.75. The summed E-state index contributed by atoms with van der Waals surface area (Å²) in [7, 11) is -1.76. The highest BCUT2D eigenvalue weighted by molar-refractivity contribution is 6.43. The molecule has 2 aromatic rings. The van der Waals surface area contributed by atoms with Gasteiger partial charge in [0, 0.05) is 11.8 Å². The monoisotopic (exact) mass is 413 g/mol. The lowest BCUT2D eigenvalue weighted by atomic mass is 9.75. The van der Waals surface area contributed by atoms with E-state index in [4.69, 9.17) is 0 Å². The van der Waals surface area contributed by atoms with Gasteiger partial charge in [0.25, 0.3) is 5.91 Å². The highest BCUT2D eigenvalue weighted by atomic mass is 16.4. The second-order valence-electron chi connectivity index (χ2n) is 7.62. The van der Waals surface area contributed by atoms with Crippen molar-refractivity contribution >= 4 is 18.9 Å². The van der Waals surface area contributed by atoms with Crippen molar-refractivity contribution in [2.24, 2.45) is 5.92 Å². The molecule has 0 saturated heterocycles. The number of nitrogens with zero attached hydrogens (tertiary/aromatic N) is 1. The lowest BCUT2D eigenvalue weighted by molar-refractivity contribution is -0.125. The Morgan fingerprint density at radius 1 is 1.03 bits per heavy atom. The summed E-state index contributed by atoms with van der Waals surface area (Å²) < 4.78 is 0. The van der Waals surface area contributed by atoms with Crippen LogP contribution in [-0.4, -0.2) is 57.2 Å². The highest BCUT2D eigenvalue weighted by Crippen LogP contribution is 2.22. The highest BCUT2D eigenvalue weighted by Gasteiger charge is 2.32. The smallest absolute Gasteiger partial charge is 0.426 e. The Balaban J connectivity index is 2.21. The van der Waals surface area contributed by atoms with E-state index in [-0.39, 0.29) is 11.6 Å². The van der Waals surface area contributed by atoms with Gasteiger partial charge < -0.3 is 25.8 Å². The van der Waals surface area contributed by atoms with E-state index in [1.165, 1.54) is 13.1 Å². The van der Waals surface area contributed by atoms with Gasteiger partial charge in [0.15, 0.2) is 0 Å². The molecule has 0 radical (unpaired) electrons. The summed E-state index contributed by atoms with van der Waals surface area (Å²) in [6, 6.07) is 11.4. The predicted molar refractivity (Wildman–Crippen MR) is 114 cm³/mol. The number of amides is 2. The molecule has 0 bridgehead atoms. The van der Waals surface area contributed by atoms with Crippen molar-refractivity contribution in [1.29, 1.82) is 0 Å². The molecule has 8 nitrogen and oxygen atoms in total. The molecule has 9 heteroatoms. The molecule has 1 aromatic heterocycles. The van der Waals surface area contributed by atoms with Crippen LogP contribution >= 0.6 is 0 Å². The van der Waals surface area contributed by atoms with Crippen LogP contribution in [0.1, 0.15) is 37.7 Å². The minimum Gasteiger partial charge on any atom is -0.426 e. The van der Waals surface area contributed by atoms with Gasteiger partial charge in [-0.3, -0.25) is 14.6 Å². The first kappa shape index (κ1) is 23.5. The second-order valence-corrected chi connectivity index (χ2v) is 7.62. The number of pyridine rings is 1. The second kappa shape index (κ2) is 10.9. The molecular formula is C21H28BN3O5. The summed E-state index contributed by atoms with van der Waals surface area (Å²) in [5.41, 5.74) is 1.49. The molecule has 1 heterocycles.